The van der Waals surface area contributed by atoms with Gasteiger partial charge in [-0.25, -0.2) is 0 Å². The molecule has 0 unspecified atom stereocenters. The smallest absolute Gasteiger partial charge is 0.143 e. The number of fused-ring (bicyclic) bond motifs is 1. The fourth-order valence-electron chi connectivity index (χ4n) is 1.39. The molecule has 0 spiro atoms. The molecule has 0 fully saturated rings. The molecule has 2 rings (SSSR count). The average molecular weight is 211 g/mol. The summed E-state index contributed by atoms with van der Waals surface area (Å²) in [4.78, 5) is 9.15. The van der Waals surface area contributed by atoms with Gasteiger partial charge in [-0.2, -0.15) is 5.26 Å². The van der Waals surface area contributed by atoms with Crippen molar-refractivity contribution >= 4 is 17.1 Å². The molecule has 0 aliphatic carbocycles. The molecule has 1 aromatic heterocycles. The molecule has 0 atom stereocenters. The second kappa shape index (κ2) is 4.89. The standard InChI is InChI=1S/C12H9N3O/c13-5-7-15-16-9-10-3-4-12-11(8-10)2-1-6-14-12/h1-4,6-8H,9H2/b15-7-. The summed E-state index contributed by atoms with van der Waals surface area (Å²) in [5, 5.41) is 12.7. The Morgan fingerprint density at radius 1 is 1.44 bits per heavy atom. The van der Waals surface area contributed by atoms with E-state index in [0.29, 0.717) is 6.61 Å². The van der Waals surface area contributed by atoms with Crippen molar-refractivity contribution in [2.75, 3.05) is 0 Å². The maximum absolute atomic E-state index is 8.22. The average Bonchev–Trinajstić information content (AvgIpc) is 2.34. The van der Waals surface area contributed by atoms with Gasteiger partial charge in [0.2, 0.25) is 0 Å². The van der Waals surface area contributed by atoms with Crippen molar-refractivity contribution in [3.8, 4) is 6.07 Å². The highest BCUT2D eigenvalue weighted by molar-refractivity contribution is 5.78. The van der Waals surface area contributed by atoms with Gasteiger partial charge < -0.3 is 4.84 Å². The van der Waals surface area contributed by atoms with Crippen LogP contribution < -0.4 is 0 Å². The quantitative estimate of drug-likeness (QED) is 0.578. The van der Waals surface area contributed by atoms with Crippen molar-refractivity contribution in [1.29, 1.82) is 5.26 Å². The summed E-state index contributed by atoms with van der Waals surface area (Å²) in [7, 11) is 0. The molecule has 0 aliphatic rings. The molecule has 0 radical (unpaired) electrons. The number of pyridine rings is 1. The highest BCUT2D eigenvalue weighted by Crippen LogP contribution is 2.13. The maximum Gasteiger partial charge on any atom is 0.143 e. The first kappa shape index (κ1) is 10.1. The fraction of sp³-hybridized carbons (Fsp3) is 0.0833. The molecular weight excluding hydrogens is 202 g/mol. The van der Waals surface area contributed by atoms with E-state index in [1.807, 2.05) is 30.3 Å². The number of hydrogen-bond donors (Lipinski definition) is 0. The third-order valence-electron chi connectivity index (χ3n) is 2.08. The molecule has 78 valence electrons. The first-order valence-corrected chi connectivity index (χ1v) is 4.77. The van der Waals surface area contributed by atoms with Crippen molar-refractivity contribution in [3.05, 3.63) is 42.1 Å². The minimum atomic E-state index is 0.350. The van der Waals surface area contributed by atoms with Crippen LogP contribution in [-0.2, 0) is 11.4 Å². The van der Waals surface area contributed by atoms with Gasteiger partial charge in [-0.3, -0.25) is 4.98 Å². The van der Waals surface area contributed by atoms with E-state index < -0.39 is 0 Å². The van der Waals surface area contributed by atoms with E-state index in [-0.39, 0.29) is 0 Å². The van der Waals surface area contributed by atoms with E-state index in [1.165, 1.54) is 0 Å². The number of nitrogens with zero attached hydrogens (tertiary/aromatic N) is 3. The Hall–Kier alpha value is -2.41. The van der Waals surface area contributed by atoms with E-state index in [2.05, 4.69) is 10.1 Å². The van der Waals surface area contributed by atoms with Gasteiger partial charge in [0.15, 0.2) is 0 Å². The summed E-state index contributed by atoms with van der Waals surface area (Å²) in [6, 6.07) is 11.5. The fourth-order valence-corrected chi connectivity index (χ4v) is 1.39. The lowest BCUT2D eigenvalue weighted by atomic mass is 10.1. The minimum Gasteiger partial charge on any atom is -0.390 e. The molecule has 1 aromatic carbocycles. The molecule has 0 saturated heterocycles. The van der Waals surface area contributed by atoms with E-state index >= 15 is 0 Å². The van der Waals surface area contributed by atoms with E-state index in [1.54, 1.807) is 12.3 Å². The van der Waals surface area contributed by atoms with Gasteiger partial charge in [0.25, 0.3) is 0 Å². The summed E-state index contributed by atoms with van der Waals surface area (Å²) < 4.78 is 0. The predicted octanol–water partition coefficient (Wildman–Crippen LogP) is 2.26. The Labute approximate surface area is 92.8 Å². The normalized spacial score (nSPS) is 10.4. The van der Waals surface area contributed by atoms with Gasteiger partial charge in [0.1, 0.15) is 18.9 Å². The molecule has 0 amide bonds. The lowest BCUT2D eigenvalue weighted by Gasteiger charge is -2.01. The number of rotatable bonds is 3. The summed E-state index contributed by atoms with van der Waals surface area (Å²) in [6.45, 7) is 0.350. The van der Waals surface area contributed by atoms with Crippen LogP contribution in [0.1, 0.15) is 5.56 Å². The lowest BCUT2D eigenvalue weighted by molar-refractivity contribution is 0.132. The van der Waals surface area contributed by atoms with Crippen LogP contribution in [0.15, 0.2) is 41.7 Å². The second-order valence-corrected chi connectivity index (χ2v) is 3.17. The zero-order valence-electron chi connectivity index (χ0n) is 8.50. The van der Waals surface area contributed by atoms with Crippen LogP contribution in [0.5, 0.6) is 0 Å². The Bertz CT molecular complexity index is 557. The maximum atomic E-state index is 8.22. The summed E-state index contributed by atoms with van der Waals surface area (Å²) in [6.07, 6.45) is 2.82. The minimum absolute atomic E-state index is 0.350. The number of nitriles is 1. The van der Waals surface area contributed by atoms with Crippen LogP contribution in [-0.4, -0.2) is 11.2 Å². The van der Waals surface area contributed by atoms with E-state index in [9.17, 15) is 0 Å². The molecule has 0 saturated carbocycles. The predicted molar refractivity (Wildman–Crippen MR) is 60.6 cm³/mol. The number of aromatic nitrogens is 1. The molecule has 2 aromatic rings. The third-order valence-corrected chi connectivity index (χ3v) is 2.08. The summed E-state index contributed by atoms with van der Waals surface area (Å²) >= 11 is 0. The largest absolute Gasteiger partial charge is 0.390 e. The zero-order valence-corrected chi connectivity index (χ0v) is 8.50. The number of oxime groups is 1. The topological polar surface area (TPSA) is 58.3 Å². The van der Waals surface area contributed by atoms with Crippen molar-refractivity contribution in [1.82, 2.24) is 4.98 Å². The van der Waals surface area contributed by atoms with Crippen molar-refractivity contribution in [2.24, 2.45) is 5.16 Å². The lowest BCUT2D eigenvalue weighted by Crippen LogP contribution is -1.88. The van der Waals surface area contributed by atoms with Crippen LogP contribution in [0.3, 0.4) is 0 Å². The summed E-state index contributed by atoms with van der Waals surface area (Å²) in [5.74, 6) is 0. The number of benzene rings is 1. The molecular formula is C12H9N3O. The van der Waals surface area contributed by atoms with Crippen LogP contribution in [0.2, 0.25) is 0 Å². The van der Waals surface area contributed by atoms with Gasteiger partial charge in [-0.1, -0.05) is 17.3 Å². The number of hydrogen-bond acceptors (Lipinski definition) is 4. The first-order chi connectivity index (χ1) is 7.90. The van der Waals surface area contributed by atoms with Gasteiger partial charge >= 0.3 is 0 Å². The van der Waals surface area contributed by atoms with Gasteiger partial charge in [-0.05, 0) is 23.8 Å². The third kappa shape index (κ3) is 2.34. The monoisotopic (exact) mass is 211 g/mol. The van der Waals surface area contributed by atoms with Crippen molar-refractivity contribution in [2.45, 2.75) is 6.61 Å². The van der Waals surface area contributed by atoms with Crippen LogP contribution in [0, 0.1) is 11.3 Å². The van der Waals surface area contributed by atoms with E-state index in [0.717, 1.165) is 22.7 Å². The molecule has 0 aliphatic heterocycles. The Kier molecular flexibility index (Phi) is 3.10. The summed E-state index contributed by atoms with van der Waals surface area (Å²) in [5.41, 5.74) is 1.95. The Balaban J connectivity index is 2.14. The molecule has 4 heteroatoms. The highest BCUT2D eigenvalue weighted by Gasteiger charge is 1.96. The van der Waals surface area contributed by atoms with Crippen molar-refractivity contribution in [3.63, 3.8) is 0 Å². The Morgan fingerprint density at radius 2 is 2.38 bits per heavy atom. The molecule has 16 heavy (non-hydrogen) atoms. The van der Waals surface area contributed by atoms with Crippen LogP contribution in [0.4, 0.5) is 0 Å². The van der Waals surface area contributed by atoms with Gasteiger partial charge in [0, 0.05) is 11.6 Å². The van der Waals surface area contributed by atoms with Gasteiger partial charge in [-0.15, -0.1) is 0 Å². The van der Waals surface area contributed by atoms with Crippen molar-refractivity contribution < 1.29 is 4.84 Å². The van der Waals surface area contributed by atoms with E-state index in [4.69, 9.17) is 10.1 Å². The van der Waals surface area contributed by atoms with Gasteiger partial charge in [0.05, 0.1) is 5.52 Å². The molecule has 0 N–H and O–H groups in total. The first-order valence-electron chi connectivity index (χ1n) is 4.77. The second-order valence-electron chi connectivity index (χ2n) is 3.17. The SMILES string of the molecule is N#C/C=N\OCc1ccc2ncccc2c1. The Morgan fingerprint density at radius 3 is 3.25 bits per heavy atom. The van der Waals surface area contributed by atoms with Crippen LogP contribution >= 0.6 is 0 Å². The highest BCUT2D eigenvalue weighted by atomic mass is 16.6. The van der Waals surface area contributed by atoms with Crippen LogP contribution in [0.25, 0.3) is 10.9 Å². The molecule has 4 nitrogen and oxygen atoms in total. The molecule has 0 bridgehead atoms. The molecule has 1 heterocycles. The zero-order chi connectivity index (χ0) is 11.2.